The van der Waals surface area contributed by atoms with E-state index in [9.17, 15) is 9.18 Å². The number of carbonyl (C=O) groups is 1. The van der Waals surface area contributed by atoms with Crippen molar-refractivity contribution in [3.8, 4) is 0 Å². The maximum absolute atomic E-state index is 12.9. The van der Waals surface area contributed by atoms with Crippen LogP contribution in [0.1, 0.15) is 42.5 Å². The number of carbonyl (C=O) groups excluding carboxylic acids is 1. The molecule has 7 heteroatoms. The number of likely N-dealkylation sites (tertiary alicyclic amines) is 1. The first-order valence-electron chi connectivity index (χ1n) is 8.52. The van der Waals surface area contributed by atoms with E-state index in [-0.39, 0.29) is 17.6 Å². The van der Waals surface area contributed by atoms with E-state index in [0.717, 1.165) is 36.5 Å². The molecule has 0 bridgehead atoms. The summed E-state index contributed by atoms with van der Waals surface area (Å²) >= 11 is 1.70. The zero-order valence-electron chi connectivity index (χ0n) is 14.3. The summed E-state index contributed by atoms with van der Waals surface area (Å²) in [4.78, 5) is 18.6. The van der Waals surface area contributed by atoms with Gasteiger partial charge < -0.3 is 9.42 Å². The largest absolute Gasteiger partial charge is 0.342 e. The first kappa shape index (κ1) is 17.9. The van der Waals surface area contributed by atoms with E-state index in [4.69, 9.17) is 4.52 Å². The third kappa shape index (κ3) is 5.04. The van der Waals surface area contributed by atoms with Crippen LogP contribution < -0.4 is 0 Å². The Kier molecular flexibility index (Phi) is 6.07. The fourth-order valence-corrected chi connectivity index (χ4v) is 3.87. The molecule has 0 aliphatic carbocycles. The molecule has 1 atom stereocenters. The van der Waals surface area contributed by atoms with Crippen molar-refractivity contribution in [2.75, 3.05) is 18.8 Å². The molecule has 3 rings (SSSR count). The van der Waals surface area contributed by atoms with Crippen LogP contribution in [0.15, 0.2) is 28.8 Å². The number of piperidine rings is 1. The molecular formula is C18H22FN3O2S. The van der Waals surface area contributed by atoms with Crippen LogP contribution in [0.2, 0.25) is 0 Å². The quantitative estimate of drug-likeness (QED) is 0.735. The Morgan fingerprint density at radius 3 is 2.92 bits per heavy atom. The number of halogens is 1. The summed E-state index contributed by atoms with van der Waals surface area (Å²) < 4.78 is 17.9. The average Bonchev–Trinajstić information content (AvgIpc) is 3.07. The Hall–Kier alpha value is -1.89. The van der Waals surface area contributed by atoms with Gasteiger partial charge in [-0.05, 0) is 30.5 Å². The van der Waals surface area contributed by atoms with Gasteiger partial charge in [0.2, 0.25) is 11.8 Å². The molecule has 1 aromatic carbocycles. The molecule has 0 spiro atoms. The van der Waals surface area contributed by atoms with Gasteiger partial charge in [-0.3, -0.25) is 4.79 Å². The molecule has 0 N–H and O–H groups in total. The van der Waals surface area contributed by atoms with Gasteiger partial charge in [0.15, 0.2) is 5.82 Å². The molecule has 1 aromatic heterocycles. The van der Waals surface area contributed by atoms with Gasteiger partial charge in [-0.15, -0.1) is 0 Å². The summed E-state index contributed by atoms with van der Waals surface area (Å²) in [6.07, 6.45) is 2.47. The van der Waals surface area contributed by atoms with Crippen LogP contribution in [0, 0.1) is 12.7 Å². The van der Waals surface area contributed by atoms with Crippen molar-refractivity contribution in [2.45, 2.75) is 37.9 Å². The van der Waals surface area contributed by atoms with E-state index < -0.39 is 0 Å². The van der Waals surface area contributed by atoms with Crippen molar-refractivity contribution in [3.63, 3.8) is 0 Å². The van der Waals surface area contributed by atoms with Gasteiger partial charge >= 0.3 is 0 Å². The second kappa shape index (κ2) is 8.47. The van der Waals surface area contributed by atoms with Crippen LogP contribution in [-0.4, -0.2) is 39.8 Å². The Morgan fingerprint density at radius 1 is 1.40 bits per heavy atom. The van der Waals surface area contributed by atoms with Crippen LogP contribution >= 0.6 is 11.8 Å². The topological polar surface area (TPSA) is 59.2 Å². The Balaban J connectivity index is 1.42. The molecule has 5 nitrogen and oxygen atoms in total. The normalized spacial score (nSPS) is 17.7. The lowest BCUT2D eigenvalue weighted by Crippen LogP contribution is -2.39. The smallest absolute Gasteiger partial charge is 0.223 e. The fourth-order valence-electron chi connectivity index (χ4n) is 2.98. The molecule has 134 valence electrons. The van der Waals surface area contributed by atoms with E-state index in [1.54, 1.807) is 30.8 Å². The number of aromatic nitrogens is 2. The van der Waals surface area contributed by atoms with Crippen molar-refractivity contribution in [2.24, 2.45) is 0 Å². The molecular weight excluding hydrogens is 341 g/mol. The van der Waals surface area contributed by atoms with Crippen molar-refractivity contribution in [1.82, 2.24) is 15.0 Å². The van der Waals surface area contributed by atoms with Crippen molar-refractivity contribution >= 4 is 17.7 Å². The van der Waals surface area contributed by atoms with E-state index in [0.29, 0.717) is 24.7 Å². The zero-order chi connectivity index (χ0) is 17.6. The summed E-state index contributed by atoms with van der Waals surface area (Å²) in [5.74, 6) is 2.95. The highest BCUT2D eigenvalue weighted by molar-refractivity contribution is 7.98. The minimum atomic E-state index is -0.222. The maximum Gasteiger partial charge on any atom is 0.223 e. The third-order valence-corrected chi connectivity index (χ3v) is 5.36. The number of nitrogens with zero attached hydrogens (tertiary/aromatic N) is 3. The molecule has 1 saturated heterocycles. The van der Waals surface area contributed by atoms with Crippen molar-refractivity contribution < 1.29 is 13.7 Å². The lowest BCUT2D eigenvalue weighted by atomic mass is 9.97. The third-order valence-electron chi connectivity index (χ3n) is 4.32. The zero-order valence-corrected chi connectivity index (χ0v) is 15.1. The van der Waals surface area contributed by atoms with Gasteiger partial charge in [-0.1, -0.05) is 17.3 Å². The lowest BCUT2D eigenvalue weighted by Gasteiger charge is -2.31. The van der Waals surface area contributed by atoms with Crippen LogP contribution in [0.5, 0.6) is 0 Å². The highest BCUT2D eigenvalue weighted by Gasteiger charge is 2.27. The number of thioether (sulfide) groups is 1. The van der Waals surface area contributed by atoms with E-state index in [2.05, 4.69) is 10.1 Å². The molecule has 2 aromatic rings. The van der Waals surface area contributed by atoms with Crippen molar-refractivity contribution in [1.29, 1.82) is 0 Å². The number of hydrogen-bond donors (Lipinski definition) is 0. The summed E-state index contributed by atoms with van der Waals surface area (Å²) in [6, 6.07) is 6.50. The number of hydrogen-bond acceptors (Lipinski definition) is 5. The Morgan fingerprint density at radius 2 is 2.20 bits per heavy atom. The number of rotatable bonds is 6. The molecule has 2 heterocycles. The van der Waals surface area contributed by atoms with Gasteiger partial charge in [0.05, 0.1) is 0 Å². The summed E-state index contributed by atoms with van der Waals surface area (Å²) in [6.45, 7) is 3.25. The van der Waals surface area contributed by atoms with Gasteiger partial charge in [-0.25, -0.2) is 4.39 Å². The molecule has 1 aliphatic heterocycles. The summed E-state index contributed by atoms with van der Waals surface area (Å²) in [5.41, 5.74) is 1.07. The maximum atomic E-state index is 12.9. The van der Waals surface area contributed by atoms with Crippen LogP contribution in [-0.2, 0) is 10.5 Å². The van der Waals surface area contributed by atoms with Crippen molar-refractivity contribution in [3.05, 3.63) is 47.4 Å². The number of amides is 1. The van der Waals surface area contributed by atoms with Crippen LogP contribution in [0.3, 0.4) is 0 Å². The summed E-state index contributed by atoms with van der Waals surface area (Å²) in [5, 5.41) is 3.99. The SMILES string of the molecule is Cc1nc([C@H]2CCCN(C(=O)CCSCc3ccc(F)cc3)C2)no1. The molecule has 0 saturated carbocycles. The summed E-state index contributed by atoms with van der Waals surface area (Å²) in [7, 11) is 0. The highest BCUT2D eigenvalue weighted by atomic mass is 32.2. The minimum absolute atomic E-state index is 0.169. The van der Waals surface area contributed by atoms with Gasteiger partial charge in [0.25, 0.3) is 0 Å². The predicted octanol–water partition coefficient (Wildman–Crippen LogP) is 3.55. The number of benzene rings is 1. The predicted molar refractivity (Wildman–Crippen MR) is 94.8 cm³/mol. The molecule has 1 aliphatic rings. The second-order valence-corrected chi connectivity index (χ2v) is 7.38. The Bertz CT molecular complexity index is 705. The highest BCUT2D eigenvalue weighted by Crippen LogP contribution is 2.25. The molecule has 1 amide bonds. The molecule has 0 unspecified atom stereocenters. The van der Waals surface area contributed by atoms with E-state index in [1.807, 2.05) is 4.90 Å². The van der Waals surface area contributed by atoms with Gasteiger partial charge in [0, 0.05) is 43.9 Å². The molecule has 1 fully saturated rings. The van der Waals surface area contributed by atoms with Crippen LogP contribution in [0.25, 0.3) is 0 Å². The van der Waals surface area contributed by atoms with Crippen LogP contribution in [0.4, 0.5) is 4.39 Å². The molecule has 0 radical (unpaired) electrons. The van der Waals surface area contributed by atoms with Gasteiger partial charge in [0.1, 0.15) is 5.82 Å². The second-order valence-electron chi connectivity index (χ2n) is 6.28. The average molecular weight is 363 g/mol. The molecule has 25 heavy (non-hydrogen) atoms. The first-order valence-corrected chi connectivity index (χ1v) is 9.67. The minimum Gasteiger partial charge on any atom is -0.342 e. The van der Waals surface area contributed by atoms with Gasteiger partial charge in [-0.2, -0.15) is 16.7 Å². The first-order chi connectivity index (χ1) is 12.1. The number of aryl methyl sites for hydroxylation is 1. The van der Waals surface area contributed by atoms with E-state index >= 15 is 0 Å². The van der Waals surface area contributed by atoms with E-state index in [1.165, 1.54) is 12.1 Å². The Labute approximate surface area is 151 Å². The monoisotopic (exact) mass is 363 g/mol. The lowest BCUT2D eigenvalue weighted by molar-refractivity contribution is -0.132. The fraction of sp³-hybridized carbons (Fsp3) is 0.500. The standard InChI is InChI=1S/C18H22FN3O2S/c1-13-20-18(21-24-13)15-3-2-9-22(11-15)17(23)8-10-25-12-14-4-6-16(19)7-5-14/h4-7,15H,2-3,8-12H2,1H3/t15-/m0/s1.